The van der Waals surface area contributed by atoms with E-state index < -0.39 is 10.2 Å². The lowest BCUT2D eigenvalue weighted by atomic mass is 10.0. The van der Waals surface area contributed by atoms with Gasteiger partial charge in [0.25, 0.3) is 16.1 Å². The smallest absolute Gasteiger partial charge is 0.279 e. The number of nitrogens with zero attached hydrogens (tertiary/aromatic N) is 1. The Bertz CT molecular complexity index is 646. The molecule has 0 spiro atoms. The molecule has 2 rings (SSSR count). The molecule has 0 aromatic heterocycles. The first-order valence-electron chi connectivity index (χ1n) is 8.04. The van der Waals surface area contributed by atoms with Crippen molar-refractivity contribution in [2.24, 2.45) is 5.92 Å². The van der Waals surface area contributed by atoms with Crippen molar-refractivity contribution in [3.8, 4) is 0 Å². The lowest BCUT2D eigenvalue weighted by Crippen LogP contribution is -2.45. The van der Waals surface area contributed by atoms with Gasteiger partial charge >= 0.3 is 0 Å². The average molecular weight is 339 g/mol. The fraction of sp³-hybridized carbons (Fsp3) is 0.562. The molecule has 1 fully saturated rings. The fourth-order valence-corrected chi connectivity index (χ4v) is 4.07. The van der Waals surface area contributed by atoms with Crippen LogP contribution in [-0.2, 0) is 16.8 Å². The van der Waals surface area contributed by atoms with Gasteiger partial charge in [-0.1, -0.05) is 19.1 Å². The predicted molar refractivity (Wildman–Crippen MR) is 90.2 cm³/mol. The van der Waals surface area contributed by atoms with E-state index in [1.165, 1.54) is 4.31 Å². The van der Waals surface area contributed by atoms with Gasteiger partial charge in [-0.25, -0.2) is 0 Å². The van der Waals surface area contributed by atoms with Gasteiger partial charge in [-0.2, -0.15) is 17.4 Å². The average Bonchev–Trinajstić information content (AvgIpc) is 2.54. The van der Waals surface area contributed by atoms with Crippen molar-refractivity contribution in [1.29, 1.82) is 0 Å². The van der Waals surface area contributed by atoms with Crippen LogP contribution in [0, 0.1) is 5.92 Å². The van der Waals surface area contributed by atoms with E-state index in [1.54, 1.807) is 18.2 Å². The zero-order chi connectivity index (χ0) is 16.9. The maximum atomic E-state index is 12.4. The quantitative estimate of drug-likeness (QED) is 0.824. The van der Waals surface area contributed by atoms with Gasteiger partial charge in [0.1, 0.15) is 0 Å². The molecule has 7 heteroatoms. The van der Waals surface area contributed by atoms with Crippen LogP contribution in [0.3, 0.4) is 0 Å². The van der Waals surface area contributed by atoms with E-state index in [2.05, 4.69) is 17.0 Å². The van der Waals surface area contributed by atoms with Crippen LogP contribution in [0.1, 0.15) is 42.6 Å². The topological polar surface area (TPSA) is 78.5 Å². The highest BCUT2D eigenvalue weighted by Gasteiger charge is 2.26. The van der Waals surface area contributed by atoms with Gasteiger partial charge in [0.15, 0.2) is 0 Å². The van der Waals surface area contributed by atoms with E-state index in [4.69, 9.17) is 0 Å². The lowest BCUT2D eigenvalue weighted by molar-refractivity contribution is 0.0955. The van der Waals surface area contributed by atoms with Crippen molar-refractivity contribution in [1.82, 2.24) is 14.3 Å². The van der Waals surface area contributed by atoms with Crippen LogP contribution in [0.15, 0.2) is 24.3 Å². The molecule has 0 unspecified atom stereocenters. The molecule has 6 nitrogen and oxygen atoms in total. The standard InChI is InChI=1S/C16H25N3O3S/c1-3-17-16(20)15-8-4-7-14(10-15)11-18-23(21,22)19-9-5-6-13(2)12-19/h4,7-8,10,13,18H,3,5-6,9,11-12H2,1-2H3,(H,17,20)/t13-/m0/s1. The van der Waals surface area contributed by atoms with Crippen LogP contribution in [0.2, 0.25) is 0 Å². The van der Waals surface area contributed by atoms with Crippen molar-refractivity contribution in [2.75, 3.05) is 19.6 Å². The number of hydrogen-bond donors (Lipinski definition) is 2. The number of piperidine rings is 1. The van der Waals surface area contributed by atoms with E-state index in [0.717, 1.165) is 18.4 Å². The molecule has 0 aliphatic carbocycles. The largest absolute Gasteiger partial charge is 0.352 e. The van der Waals surface area contributed by atoms with Crippen LogP contribution in [0.25, 0.3) is 0 Å². The van der Waals surface area contributed by atoms with Crippen molar-refractivity contribution >= 4 is 16.1 Å². The molecule has 1 heterocycles. The summed E-state index contributed by atoms with van der Waals surface area (Å²) in [6.45, 7) is 5.79. The molecule has 1 aliphatic rings. The molecule has 0 bridgehead atoms. The molecule has 23 heavy (non-hydrogen) atoms. The van der Waals surface area contributed by atoms with Gasteiger partial charge in [0.05, 0.1) is 0 Å². The van der Waals surface area contributed by atoms with E-state index >= 15 is 0 Å². The van der Waals surface area contributed by atoms with Gasteiger partial charge in [-0.15, -0.1) is 0 Å². The molecule has 1 aromatic rings. The molecular formula is C16H25N3O3S. The monoisotopic (exact) mass is 339 g/mol. The Morgan fingerprint density at radius 1 is 1.39 bits per heavy atom. The second kappa shape index (κ2) is 7.90. The van der Waals surface area contributed by atoms with Crippen molar-refractivity contribution in [3.63, 3.8) is 0 Å². The second-order valence-electron chi connectivity index (χ2n) is 5.99. The number of amides is 1. The highest BCUT2D eigenvalue weighted by Crippen LogP contribution is 2.18. The Morgan fingerprint density at radius 3 is 2.87 bits per heavy atom. The molecule has 1 saturated heterocycles. The van der Waals surface area contributed by atoms with E-state index in [0.29, 0.717) is 31.1 Å². The summed E-state index contributed by atoms with van der Waals surface area (Å²) in [6, 6.07) is 7.00. The zero-order valence-corrected chi connectivity index (χ0v) is 14.5. The molecule has 0 saturated carbocycles. The van der Waals surface area contributed by atoms with Crippen molar-refractivity contribution < 1.29 is 13.2 Å². The van der Waals surface area contributed by atoms with E-state index in [9.17, 15) is 13.2 Å². The third-order valence-electron chi connectivity index (χ3n) is 3.94. The Hall–Kier alpha value is -1.44. The van der Waals surface area contributed by atoms with Gasteiger partial charge < -0.3 is 5.32 Å². The highest BCUT2D eigenvalue weighted by atomic mass is 32.2. The highest BCUT2D eigenvalue weighted by molar-refractivity contribution is 7.87. The van der Waals surface area contributed by atoms with Gasteiger partial charge in [0.2, 0.25) is 0 Å². The summed E-state index contributed by atoms with van der Waals surface area (Å²) in [7, 11) is -3.47. The third kappa shape index (κ3) is 5.02. The Labute approximate surface area is 138 Å². The fourth-order valence-electron chi connectivity index (χ4n) is 2.72. The van der Waals surface area contributed by atoms with Gasteiger partial charge in [-0.3, -0.25) is 4.79 Å². The maximum absolute atomic E-state index is 12.4. The second-order valence-corrected chi connectivity index (χ2v) is 7.75. The third-order valence-corrected chi connectivity index (χ3v) is 5.47. The SMILES string of the molecule is CCNC(=O)c1cccc(CNS(=O)(=O)N2CCC[C@H](C)C2)c1. The maximum Gasteiger partial charge on any atom is 0.279 e. The summed E-state index contributed by atoms with van der Waals surface area (Å²) in [5.41, 5.74) is 1.30. The molecule has 1 aliphatic heterocycles. The van der Waals surface area contributed by atoms with Gasteiger partial charge in [0, 0.05) is 31.7 Å². The number of rotatable bonds is 6. The number of benzene rings is 1. The molecule has 2 N–H and O–H groups in total. The molecule has 1 amide bonds. The molecule has 128 valence electrons. The Morgan fingerprint density at radius 2 is 2.17 bits per heavy atom. The Balaban J connectivity index is 1.99. The number of carbonyl (C=O) groups excluding carboxylic acids is 1. The number of nitrogens with one attached hydrogen (secondary N) is 2. The van der Waals surface area contributed by atoms with Gasteiger partial charge in [-0.05, 0) is 43.4 Å². The molecule has 1 atom stereocenters. The minimum atomic E-state index is -3.47. The normalized spacial score (nSPS) is 19.5. The first-order valence-corrected chi connectivity index (χ1v) is 9.48. The van der Waals surface area contributed by atoms with Crippen molar-refractivity contribution in [2.45, 2.75) is 33.2 Å². The lowest BCUT2D eigenvalue weighted by Gasteiger charge is -2.30. The van der Waals surface area contributed by atoms with Crippen LogP contribution in [0.5, 0.6) is 0 Å². The summed E-state index contributed by atoms with van der Waals surface area (Å²) in [5.74, 6) is 0.239. The number of hydrogen-bond acceptors (Lipinski definition) is 3. The summed E-state index contributed by atoms with van der Waals surface area (Å²) < 4.78 is 28.9. The zero-order valence-electron chi connectivity index (χ0n) is 13.7. The predicted octanol–water partition coefficient (Wildman–Crippen LogP) is 1.50. The minimum absolute atomic E-state index is 0.151. The van der Waals surface area contributed by atoms with Crippen LogP contribution >= 0.6 is 0 Å². The first-order chi connectivity index (χ1) is 10.9. The summed E-state index contributed by atoms with van der Waals surface area (Å²) in [6.07, 6.45) is 1.97. The molecule has 1 aromatic carbocycles. The first kappa shape index (κ1) is 17.9. The number of carbonyl (C=O) groups is 1. The minimum Gasteiger partial charge on any atom is -0.352 e. The summed E-state index contributed by atoms with van der Waals surface area (Å²) in [4.78, 5) is 11.8. The van der Waals surface area contributed by atoms with Crippen LogP contribution in [-0.4, -0.2) is 38.3 Å². The summed E-state index contributed by atoms with van der Waals surface area (Å²) >= 11 is 0. The van der Waals surface area contributed by atoms with Crippen molar-refractivity contribution in [3.05, 3.63) is 35.4 Å². The van der Waals surface area contributed by atoms with Crippen LogP contribution in [0.4, 0.5) is 0 Å². The molecule has 0 radical (unpaired) electrons. The summed E-state index contributed by atoms with van der Waals surface area (Å²) in [5, 5.41) is 2.73. The van der Waals surface area contributed by atoms with E-state index in [1.807, 2.05) is 13.0 Å². The van der Waals surface area contributed by atoms with Crippen LogP contribution < -0.4 is 10.0 Å². The van der Waals surface area contributed by atoms with E-state index in [-0.39, 0.29) is 12.5 Å². The molecular weight excluding hydrogens is 314 g/mol. The Kier molecular flexibility index (Phi) is 6.15.